The van der Waals surface area contributed by atoms with Gasteiger partial charge in [0, 0.05) is 16.9 Å². The minimum absolute atomic E-state index is 0.197. The average molecular weight is 453 g/mol. The Bertz CT molecular complexity index is 1020. The molecule has 0 N–H and O–H groups in total. The van der Waals surface area contributed by atoms with Gasteiger partial charge in [-0.15, -0.1) is 0 Å². The first-order valence-corrected chi connectivity index (χ1v) is 10.2. The van der Waals surface area contributed by atoms with E-state index in [1.807, 2.05) is 18.2 Å². The monoisotopic (exact) mass is 452 g/mol. The number of imide groups is 1. The molecule has 2 fully saturated rings. The maximum Gasteiger partial charge on any atom is 0.415 e. The van der Waals surface area contributed by atoms with Crippen molar-refractivity contribution in [1.29, 1.82) is 0 Å². The molecule has 2 aromatic rings. The van der Waals surface area contributed by atoms with E-state index >= 15 is 0 Å². The molecule has 6 rings (SSSR count). The minimum Gasteiger partial charge on any atom is -0.410 e. The lowest BCUT2D eigenvalue weighted by molar-refractivity contribution is -0.125. The zero-order chi connectivity index (χ0) is 20.1. The third-order valence-electron chi connectivity index (χ3n) is 5.82. The van der Waals surface area contributed by atoms with E-state index in [-0.39, 0.29) is 17.7 Å². The number of para-hydroxylation sites is 1. The largest absolute Gasteiger partial charge is 0.415 e. The van der Waals surface area contributed by atoms with Crippen molar-refractivity contribution in [2.24, 2.45) is 17.8 Å². The Morgan fingerprint density at radius 3 is 2.34 bits per heavy atom. The molecule has 146 valence electrons. The van der Waals surface area contributed by atoms with Crippen LogP contribution < -0.4 is 9.64 Å². The molecule has 0 radical (unpaired) electrons. The number of anilines is 1. The van der Waals surface area contributed by atoms with Crippen LogP contribution in [0.2, 0.25) is 0 Å². The van der Waals surface area contributed by atoms with Crippen molar-refractivity contribution < 1.29 is 19.1 Å². The average Bonchev–Trinajstić information content (AvgIpc) is 3.02. The van der Waals surface area contributed by atoms with E-state index < -0.39 is 24.0 Å². The van der Waals surface area contributed by atoms with Crippen molar-refractivity contribution in [3.05, 3.63) is 71.2 Å². The smallest absolute Gasteiger partial charge is 0.410 e. The Kier molecular flexibility index (Phi) is 4.28. The number of hydrogen-bond donors (Lipinski definition) is 0. The first-order valence-electron chi connectivity index (χ1n) is 9.40. The molecule has 7 heteroatoms. The lowest BCUT2D eigenvalue weighted by Gasteiger charge is -2.45. The first-order chi connectivity index (χ1) is 14.0. The summed E-state index contributed by atoms with van der Waals surface area (Å²) >= 11 is 3.37. The molecule has 4 atom stereocenters. The van der Waals surface area contributed by atoms with Crippen LogP contribution in [-0.2, 0) is 9.59 Å². The predicted octanol–water partition coefficient (Wildman–Crippen LogP) is 3.62. The highest BCUT2D eigenvalue weighted by atomic mass is 79.9. The highest BCUT2D eigenvalue weighted by Crippen LogP contribution is 2.46. The molecule has 2 bridgehead atoms. The molecule has 1 aliphatic carbocycles. The Balaban J connectivity index is 1.43. The number of ether oxygens (including phenoxy) is 1. The summed E-state index contributed by atoms with van der Waals surface area (Å²) in [7, 11) is 0. The molecule has 6 nitrogen and oxygen atoms in total. The SMILES string of the molecule is O=C1[C@@H]2C3C=CC(CN3C(=O)Oc3ccccc3)[C@@H]2C(=O)N1c1ccc(Br)cc1. The van der Waals surface area contributed by atoms with Gasteiger partial charge in [0.05, 0.1) is 23.6 Å². The molecule has 2 saturated heterocycles. The topological polar surface area (TPSA) is 66.9 Å². The van der Waals surface area contributed by atoms with Gasteiger partial charge < -0.3 is 4.74 Å². The maximum atomic E-state index is 13.2. The highest BCUT2D eigenvalue weighted by molar-refractivity contribution is 9.10. The molecule has 2 aromatic carbocycles. The quantitative estimate of drug-likeness (QED) is 0.515. The minimum atomic E-state index is -0.585. The summed E-state index contributed by atoms with van der Waals surface area (Å²) in [5, 5.41) is 0. The Hall–Kier alpha value is -2.93. The highest BCUT2D eigenvalue weighted by Gasteiger charge is 2.60. The van der Waals surface area contributed by atoms with Gasteiger partial charge in [-0.05, 0) is 36.4 Å². The van der Waals surface area contributed by atoms with Crippen LogP contribution in [0.1, 0.15) is 0 Å². The number of carbonyl (C=O) groups excluding carboxylic acids is 3. The van der Waals surface area contributed by atoms with Gasteiger partial charge in [-0.25, -0.2) is 9.69 Å². The van der Waals surface area contributed by atoms with E-state index in [1.54, 1.807) is 53.4 Å². The molecule has 0 saturated carbocycles. The summed E-state index contributed by atoms with van der Waals surface area (Å²) in [6.45, 7) is 0.362. The van der Waals surface area contributed by atoms with Crippen molar-refractivity contribution in [2.75, 3.05) is 11.4 Å². The number of rotatable bonds is 2. The molecule has 3 heterocycles. The number of carbonyl (C=O) groups is 3. The fourth-order valence-corrected chi connectivity index (χ4v) is 4.79. The van der Waals surface area contributed by atoms with Crippen LogP contribution in [0.5, 0.6) is 5.75 Å². The normalized spacial score (nSPS) is 27.3. The summed E-state index contributed by atoms with van der Waals surface area (Å²) in [5.41, 5.74) is 0.551. The number of fused-ring (bicyclic) bond motifs is 1. The van der Waals surface area contributed by atoms with E-state index in [2.05, 4.69) is 15.9 Å². The molecule has 4 aliphatic rings. The van der Waals surface area contributed by atoms with Gasteiger partial charge in [-0.1, -0.05) is 46.3 Å². The van der Waals surface area contributed by atoms with Gasteiger partial charge >= 0.3 is 6.09 Å². The van der Waals surface area contributed by atoms with Crippen molar-refractivity contribution in [3.63, 3.8) is 0 Å². The number of piperidine rings is 1. The zero-order valence-electron chi connectivity index (χ0n) is 15.3. The van der Waals surface area contributed by atoms with Crippen LogP contribution in [0.15, 0.2) is 71.2 Å². The summed E-state index contributed by atoms with van der Waals surface area (Å²) in [4.78, 5) is 42.0. The van der Waals surface area contributed by atoms with E-state index in [1.165, 1.54) is 4.90 Å². The molecular weight excluding hydrogens is 436 g/mol. The van der Waals surface area contributed by atoms with Gasteiger partial charge in [0.1, 0.15) is 5.75 Å². The number of benzene rings is 2. The third kappa shape index (κ3) is 2.88. The van der Waals surface area contributed by atoms with Crippen molar-refractivity contribution in [3.8, 4) is 5.75 Å². The summed E-state index contributed by atoms with van der Waals surface area (Å²) < 4.78 is 6.35. The Morgan fingerprint density at radius 2 is 1.62 bits per heavy atom. The first kappa shape index (κ1) is 18.1. The fourth-order valence-electron chi connectivity index (χ4n) is 4.53. The van der Waals surface area contributed by atoms with Crippen LogP contribution in [0.25, 0.3) is 0 Å². The van der Waals surface area contributed by atoms with Crippen molar-refractivity contribution in [1.82, 2.24) is 4.90 Å². The number of halogens is 1. The number of amides is 3. The lowest BCUT2D eigenvalue weighted by atomic mass is 9.70. The third-order valence-corrected chi connectivity index (χ3v) is 6.35. The van der Waals surface area contributed by atoms with E-state index in [0.29, 0.717) is 18.0 Å². The summed E-state index contributed by atoms with van der Waals surface area (Å²) in [6.07, 6.45) is 3.31. The van der Waals surface area contributed by atoms with E-state index in [0.717, 1.165) is 4.47 Å². The molecule has 3 aliphatic heterocycles. The Morgan fingerprint density at radius 1 is 0.931 bits per heavy atom. The van der Waals surface area contributed by atoms with Gasteiger partial charge in [0.25, 0.3) is 0 Å². The molecule has 2 unspecified atom stereocenters. The van der Waals surface area contributed by atoms with Crippen LogP contribution >= 0.6 is 15.9 Å². The maximum absolute atomic E-state index is 13.2. The van der Waals surface area contributed by atoms with Crippen LogP contribution in [0.3, 0.4) is 0 Å². The van der Waals surface area contributed by atoms with Gasteiger partial charge in [0.15, 0.2) is 0 Å². The second-order valence-electron chi connectivity index (χ2n) is 7.41. The van der Waals surface area contributed by atoms with E-state index in [4.69, 9.17) is 4.74 Å². The number of nitrogens with zero attached hydrogens (tertiary/aromatic N) is 2. The molecule has 0 spiro atoms. The molecule has 29 heavy (non-hydrogen) atoms. The van der Waals surface area contributed by atoms with Gasteiger partial charge in [-0.3, -0.25) is 14.5 Å². The van der Waals surface area contributed by atoms with Crippen LogP contribution in [-0.4, -0.2) is 35.4 Å². The van der Waals surface area contributed by atoms with Gasteiger partial charge in [0.2, 0.25) is 11.8 Å². The summed E-state index contributed by atoms with van der Waals surface area (Å²) in [6, 6.07) is 15.4. The second kappa shape index (κ2) is 6.84. The van der Waals surface area contributed by atoms with E-state index in [9.17, 15) is 14.4 Å². The second-order valence-corrected chi connectivity index (χ2v) is 8.33. The van der Waals surface area contributed by atoms with Gasteiger partial charge in [-0.2, -0.15) is 0 Å². The van der Waals surface area contributed by atoms with Crippen molar-refractivity contribution >= 4 is 39.5 Å². The molecular formula is C22H17BrN2O4. The van der Waals surface area contributed by atoms with Crippen LogP contribution in [0.4, 0.5) is 10.5 Å². The Labute approximate surface area is 175 Å². The molecule has 0 aromatic heterocycles. The fraction of sp³-hybridized carbons (Fsp3) is 0.227. The lowest BCUT2D eigenvalue weighted by Crippen LogP contribution is -2.58. The standard InChI is InChI=1S/C22H17BrN2O4/c23-14-7-9-15(10-8-14)25-20(26)18-13-6-11-17(19(18)21(25)27)24(12-13)22(28)29-16-4-2-1-3-5-16/h1-11,13,17-19H,12H2/t13?,17?,18-,19+/m0/s1. The molecule has 3 amide bonds. The van der Waals surface area contributed by atoms with Crippen molar-refractivity contribution in [2.45, 2.75) is 6.04 Å². The zero-order valence-corrected chi connectivity index (χ0v) is 16.9. The van der Waals surface area contributed by atoms with Crippen LogP contribution in [0, 0.1) is 17.8 Å². The predicted molar refractivity (Wildman–Crippen MR) is 109 cm³/mol. The summed E-state index contributed by atoms with van der Waals surface area (Å²) in [5.74, 6) is -1.24. The number of hydrogen-bond acceptors (Lipinski definition) is 4.